The van der Waals surface area contributed by atoms with Crippen LogP contribution in [-0.4, -0.2) is 31.5 Å². The van der Waals surface area contributed by atoms with Gasteiger partial charge >= 0.3 is 6.18 Å². The molecule has 1 aliphatic rings. The summed E-state index contributed by atoms with van der Waals surface area (Å²) >= 11 is 0. The minimum Gasteiger partial charge on any atom is -0.356 e. The Morgan fingerprint density at radius 1 is 0.912 bits per heavy atom. The first-order valence-corrected chi connectivity index (χ1v) is 12.3. The van der Waals surface area contributed by atoms with Gasteiger partial charge in [0.15, 0.2) is 0 Å². The Hall–Kier alpha value is -3.34. The summed E-state index contributed by atoms with van der Waals surface area (Å²) in [5.74, 6) is 1.29. The van der Waals surface area contributed by atoms with Crippen LogP contribution in [0.25, 0.3) is 0 Å². The molecule has 0 spiro atoms. The maximum absolute atomic E-state index is 12.9. The third kappa shape index (κ3) is 5.77. The van der Waals surface area contributed by atoms with Gasteiger partial charge in [0.25, 0.3) is 10.0 Å². The fraction of sp³-hybridized carbons (Fsp3) is 0.304. The Labute approximate surface area is 196 Å². The number of rotatable bonds is 6. The number of hydrogen-bond donors (Lipinski definition) is 2. The van der Waals surface area contributed by atoms with Gasteiger partial charge in [-0.2, -0.15) is 18.2 Å². The topological polar surface area (TPSA) is 87.2 Å². The van der Waals surface area contributed by atoms with Crippen LogP contribution in [-0.2, 0) is 16.2 Å². The second-order valence-electron chi connectivity index (χ2n) is 8.07. The highest BCUT2D eigenvalue weighted by Gasteiger charge is 2.31. The van der Waals surface area contributed by atoms with Crippen molar-refractivity contribution in [1.82, 2.24) is 9.97 Å². The maximum Gasteiger partial charge on any atom is 0.416 e. The van der Waals surface area contributed by atoms with Crippen molar-refractivity contribution in [1.29, 1.82) is 0 Å². The minimum atomic E-state index is -4.63. The largest absolute Gasteiger partial charge is 0.416 e. The number of piperidine rings is 1. The zero-order valence-corrected chi connectivity index (χ0v) is 19.2. The molecule has 180 valence electrons. The van der Waals surface area contributed by atoms with Crippen LogP contribution in [0.5, 0.6) is 0 Å². The highest BCUT2D eigenvalue weighted by molar-refractivity contribution is 7.92. The summed E-state index contributed by atoms with van der Waals surface area (Å²) in [6.45, 7) is 3.80. The zero-order chi connectivity index (χ0) is 24.3. The summed E-state index contributed by atoms with van der Waals surface area (Å²) in [4.78, 5) is 10.8. The monoisotopic (exact) mass is 491 g/mol. The van der Waals surface area contributed by atoms with Crippen LogP contribution in [0, 0.1) is 6.92 Å². The minimum absolute atomic E-state index is 0.210. The smallest absolute Gasteiger partial charge is 0.356 e. The number of aryl methyl sites for hydroxylation is 1. The SMILES string of the molecule is Cc1cc(N2CCCCC2)nc(Nc2ccc(NS(=O)(=O)c3cccc(C(F)(F)F)c3)cc2)n1. The molecule has 0 saturated carbocycles. The van der Waals surface area contributed by atoms with Crippen LogP contribution < -0.4 is 14.9 Å². The van der Waals surface area contributed by atoms with Gasteiger partial charge in [0.1, 0.15) is 5.82 Å². The van der Waals surface area contributed by atoms with Gasteiger partial charge in [-0.3, -0.25) is 4.72 Å². The van der Waals surface area contributed by atoms with Crippen molar-refractivity contribution in [2.75, 3.05) is 28.0 Å². The lowest BCUT2D eigenvalue weighted by molar-refractivity contribution is -0.137. The molecule has 1 saturated heterocycles. The average Bonchev–Trinajstić information content (AvgIpc) is 2.80. The van der Waals surface area contributed by atoms with E-state index in [1.807, 2.05) is 13.0 Å². The van der Waals surface area contributed by atoms with E-state index >= 15 is 0 Å². The lowest BCUT2D eigenvalue weighted by Gasteiger charge is -2.28. The number of halogens is 3. The molecule has 3 aromatic rings. The van der Waals surface area contributed by atoms with Crippen LogP contribution in [0.1, 0.15) is 30.5 Å². The van der Waals surface area contributed by atoms with Crippen molar-refractivity contribution in [3.63, 3.8) is 0 Å². The van der Waals surface area contributed by atoms with Crippen molar-refractivity contribution < 1.29 is 21.6 Å². The van der Waals surface area contributed by atoms with Gasteiger partial charge in [-0.15, -0.1) is 0 Å². The molecule has 11 heteroatoms. The molecule has 0 radical (unpaired) electrons. The fourth-order valence-electron chi connectivity index (χ4n) is 3.70. The fourth-order valence-corrected chi connectivity index (χ4v) is 4.80. The molecule has 1 fully saturated rings. The first-order chi connectivity index (χ1) is 16.1. The number of alkyl halides is 3. The molecular formula is C23H24F3N5O2S. The van der Waals surface area contributed by atoms with Crippen molar-refractivity contribution in [2.24, 2.45) is 0 Å². The van der Waals surface area contributed by atoms with Crippen molar-refractivity contribution in [3.05, 3.63) is 65.9 Å². The average molecular weight is 492 g/mol. The molecule has 2 aromatic carbocycles. The van der Waals surface area contributed by atoms with Crippen LogP contribution in [0.3, 0.4) is 0 Å². The molecule has 0 amide bonds. The lowest BCUT2D eigenvalue weighted by atomic mass is 10.1. The Morgan fingerprint density at radius 2 is 1.59 bits per heavy atom. The van der Waals surface area contributed by atoms with E-state index in [9.17, 15) is 21.6 Å². The predicted octanol–water partition coefficient (Wildman–Crippen LogP) is 5.34. The standard InChI is InChI=1S/C23H24F3N5O2S/c1-16-14-21(31-12-3-2-4-13-31)29-22(27-16)28-18-8-10-19(11-9-18)30-34(32,33)20-7-5-6-17(15-20)23(24,25)26/h5-11,14-15,30H,2-4,12-13H2,1H3,(H,27,28,29). The Balaban J connectivity index is 1.47. The molecule has 1 aromatic heterocycles. The van der Waals surface area contributed by atoms with Gasteiger partial charge in [0.2, 0.25) is 5.95 Å². The summed E-state index contributed by atoms with van der Waals surface area (Å²) in [5.41, 5.74) is 0.639. The number of aromatic nitrogens is 2. The number of anilines is 4. The third-order valence-electron chi connectivity index (χ3n) is 5.39. The normalized spacial score (nSPS) is 14.6. The van der Waals surface area contributed by atoms with Crippen LogP contribution in [0.4, 0.5) is 36.3 Å². The Morgan fingerprint density at radius 3 is 2.26 bits per heavy atom. The van der Waals surface area contributed by atoms with Gasteiger partial charge in [-0.05, 0) is 68.7 Å². The number of benzene rings is 2. The van der Waals surface area contributed by atoms with E-state index in [1.165, 1.54) is 18.6 Å². The Bertz CT molecular complexity index is 1260. The first-order valence-electron chi connectivity index (χ1n) is 10.8. The number of hydrogen-bond acceptors (Lipinski definition) is 6. The number of nitrogens with one attached hydrogen (secondary N) is 2. The number of sulfonamides is 1. The molecule has 0 unspecified atom stereocenters. The molecule has 1 aliphatic heterocycles. The second-order valence-corrected chi connectivity index (χ2v) is 9.75. The molecule has 0 aliphatic carbocycles. The lowest BCUT2D eigenvalue weighted by Crippen LogP contribution is -2.30. The predicted molar refractivity (Wildman–Crippen MR) is 125 cm³/mol. The first kappa shape index (κ1) is 23.8. The van der Waals surface area contributed by atoms with Gasteiger partial charge in [0.05, 0.1) is 10.5 Å². The molecule has 2 N–H and O–H groups in total. The second kappa shape index (κ2) is 9.49. The van der Waals surface area contributed by atoms with E-state index in [0.717, 1.165) is 55.6 Å². The van der Waals surface area contributed by atoms with Gasteiger partial charge in [-0.1, -0.05) is 6.07 Å². The van der Waals surface area contributed by atoms with E-state index in [2.05, 4.69) is 24.9 Å². The molecule has 34 heavy (non-hydrogen) atoms. The van der Waals surface area contributed by atoms with E-state index in [0.29, 0.717) is 17.7 Å². The van der Waals surface area contributed by atoms with Crippen LogP contribution in [0.2, 0.25) is 0 Å². The van der Waals surface area contributed by atoms with Crippen molar-refractivity contribution in [2.45, 2.75) is 37.3 Å². The van der Waals surface area contributed by atoms with Crippen LogP contribution in [0.15, 0.2) is 59.5 Å². The van der Waals surface area contributed by atoms with Gasteiger partial charge < -0.3 is 10.2 Å². The van der Waals surface area contributed by atoms with E-state index < -0.39 is 26.7 Å². The highest BCUT2D eigenvalue weighted by atomic mass is 32.2. The van der Waals surface area contributed by atoms with E-state index in [1.54, 1.807) is 12.1 Å². The summed E-state index contributed by atoms with van der Waals surface area (Å²) in [7, 11) is -4.19. The van der Waals surface area contributed by atoms with Gasteiger partial charge in [0, 0.05) is 36.2 Å². The van der Waals surface area contributed by atoms with Gasteiger partial charge in [-0.25, -0.2) is 13.4 Å². The molecule has 7 nitrogen and oxygen atoms in total. The molecule has 2 heterocycles. The summed E-state index contributed by atoms with van der Waals surface area (Å²) in [5, 5.41) is 3.12. The van der Waals surface area contributed by atoms with Crippen molar-refractivity contribution >= 4 is 33.2 Å². The quantitative estimate of drug-likeness (QED) is 0.484. The summed E-state index contributed by atoms with van der Waals surface area (Å²) in [6, 6.07) is 11.8. The number of nitrogens with zero attached hydrogens (tertiary/aromatic N) is 3. The zero-order valence-electron chi connectivity index (χ0n) is 18.4. The molecular weight excluding hydrogens is 467 g/mol. The molecule has 0 bridgehead atoms. The van der Waals surface area contributed by atoms with E-state index in [4.69, 9.17) is 0 Å². The summed E-state index contributed by atoms with van der Waals surface area (Å²) < 4.78 is 66.2. The molecule has 4 rings (SSSR count). The van der Waals surface area contributed by atoms with Crippen molar-refractivity contribution in [3.8, 4) is 0 Å². The summed E-state index contributed by atoms with van der Waals surface area (Å²) in [6.07, 6.45) is -1.16. The van der Waals surface area contributed by atoms with E-state index in [-0.39, 0.29) is 5.69 Å². The Kier molecular flexibility index (Phi) is 6.65. The highest BCUT2D eigenvalue weighted by Crippen LogP contribution is 2.31. The third-order valence-corrected chi connectivity index (χ3v) is 6.76. The molecule has 0 atom stereocenters. The van der Waals surface area contributed by atoms with Crippen LogP contribution >= 0.6 is 0 Å². The maximum atomic E-state index is 12.9.